The normalized spacial score (nSPS) is 19.4. The van der Waals surface area contributed by atoms with Crippen molar-refractivity contribution in [2.45, 2.75) is 39.2 Å². The monoisotopic (exact) mass is 406 g/mol. The summed E-state index contributed by atoms with van der Waals surface area (Å²) in [5, 5.41) is 5.18. The average molecular weight is 407 g/mol. The van der Waals surface area contributed by atoms with Crippen LogP contribution in [-0.2, 0) is 5.54 Å². The summed E-state index contributed by atoms with van der Waals surface area (Å²) in [6.45, 7) is 7.25. The molecule has 5 rings (SSSR count). The number of fused-ring (bicyclic) bond motifs is 1. The third kappa shape index (κ3) is 2.82. The molecule has 148 valence electrons. The maximum Gasteiger partial charge on any atom is 0.132 e. The number of rotatable bonds is 3. The summed E-state index contributed by atoms with van der Waals surface area (Å²) in [5.74, 6) is 0.969. The number of nitrogens with one attached hydrogen (secondary N) is 1. The van der Waals surface area contributed by atoms with E-state index in [2.05, 4.69) is 33.0 Å². The highest BCUT2D eigenvalue weighted by Crippen LogP contribution is 2.43. The molecule has 7 heteroatoms. The minimum Gasteiger partial charge on any atom is -0.357 e. The van der Waals surface area contributed by atoms with Gasteiger partial charge in [0.15, 0.2) is 0 Å². The van der Waals surface area contributed by atoms with Crippen molar-refractivity contribution in [2.24, 2.45) is 0 Å². The lowest BCUT2D eigenvalue weighted by Crippen LogP contribution is -2.40. The lowest BCUT2D eigenvalue weighted by molar-refractivity contribution is 0.466. The van der Waals surface area contributed by atoms with Gasteiger partial charge in [0.2, 0.25) is 0 Å². The van der Waals surface area contributed by atoms with Crippen molar-refractivity contribution in [3.05, 3.63) is 65.0 Å². The van der Waals surface area contributed by atoms with Crippen molar-refractivity contribution in [2.75, 3.05) is 11.4 Å². The molecular weight excluding hydrogens is 384 g/mol. The van der Waals surface area contributed by atoms with Crippen molar-refractivity contribution in [1.82, 2.24) is 24.7 Å². The molecule has 29 heavy (non-hydrogen) atoms. The lowest BCUT2D eigenvalue weighted by atomic mass is 9.97. The summed E-state index contributed by atoms with van der Waals surface area (Å²) in [6.07, 6.45) is 7.75. The molecule has 1 atom stereocenters. The van der Waals surface area contributed by atoms with Crippen molar-refractivity contribution in [3.8, 4) is 5.69 Å². The number of hydrogen-bond acceptors (Lipinski definition) is 4. The predicted octanol–water partition coefficient (Wildman–Crippen LogP) is 4.93. The SMILES string of the molecule is Cc1cc(N2CCC[C@@]2(C)c2nc3c(C)c(Cl)ccc3[nH]2)c(-n2cccn2)cn1. The Morgan fingerprint density at radius 2 is 2.07 bits per heavy atom. The van der Waals surface area contributed by atoms with E-state index in [0.717, 1.165) is 63.9 Å². The summed E-state index contributed by atoms with van der Waals surface area (Å²) in [4.78, 5) is 15.5. The van der Waals surface area contributed by atoms with E-state index in [4.69, 9.17) is 16.6 Å². The van der Waals surface area contributed by atoms with Gasteiger partial charge in [0.05, 0.1) is 28.5 Å². The third-order valence-electron chi connectivity index (χ3n) is 6.03. The van der Waals surface area contributed by atoms with Gasteiger partial charge in [0.25, 0.3) is 0 Å². The Morgan fingerprint density at radius 3 is 2.86 bits per heavy atom. The Labute approximate surface area is 174 Å². The van der Waals surface area contributed by atoms with Gasteiger partial charge in [-0.25, -0.2) is 9.67 Å². The molecule has 1 aromatic carbocycles. The largest absolute Gasteiger partial charge is 0.357 e. The Morgan fingerprint density at radius 1 is 1.21 bits per heavy atom. The first-order chi connectivity index (χ1) is 14.0. The highest BCUT2D eigenvalue weighted by atomic mass is 35.5. The maximum absolute atomic E-state index is 6.33. The molecule has 1 aliphatic heterocycles. The Hall–Kier alpha value is -2.86. The van der Waals surface area contributed by atoms with Crippen LogP contribution in [0.4, 0.5) is 5.69 Å². The number of halogens is 1. The summed E-state index contributed by atoms with van der Waals surface area (Å²) in [6, 6.07) is 8.01. The first-order valence-electron chi connectivity index (χ1n) is 9.87. The van der Waals surface area contributed by atoms with Crippen LogP contribution in [0.2, 0.25) is 5.02 Å². The fourth-order valence-corrected chi connectivity index (χ4v) is 4.53. The van der Waals surface area contributed by atoms with E-state index < -0.39 is 0 Å². The molecule has 1 N–H and O–H groups in total. The molecular formula is C22H23ClN6. The lowest BCUT2D eigenvalue weighted by Gasteiger charge is -2.36. The van der Waals surface area contributed by atoms with Gasteiger partial charge in [0, 0.05) is 29.7 Å². The van der Waals surface area contributed by atoms with E-state index in [1.165, 1.54) is 0 Å². The number of aromatic nitrogens is 5. The number of imidazole rings is 1. The van der Waals surface area contributed by atoms with E-state index in [-0.39, 0.29) is 5.54 Å². The molecule has 0 spiro atoms. The van der Waals surface area contributed by atoms with E-state index >= 15 is 0 Å². The van der Waals surface area contributed by atoms with Crippen molar-refractivity contribution < 1.29 is 0 Å². The number of hydrogen-bond donors (Lipinski definition) is 1. The molecule has 0 saturated carbocycles. The van der Waals surface area contributed by atoms with Crippen molar-refractivity contribution >= 4 is 28.3 Å². The second-order valence-corrected chi connectivity index (χ2v) is 8.36. The Bertz CT molecular complexity index is 1200. The fourth-order valence-electron chi connectivity index (χ4n) is 4.38. The second-order valence-electron chi connectivity index (χ2n) is 7.95. The van der Waals surface area contributed by atoms with Crippen LogP contribution >= 0.6 is 11.6 Å². The van der Waals surface area contributed by atoms with E-state index in [1.807, 2.05) is 49.1 Å². The van der Waals surface area contributed by atoms with Gasteiger partial charge in [-0.1, -0.05) is 11.6 Å². The quantitative estimate of drug-likeness (QED) is 0.524. The van der Waals surface area contributed by atoms with Gasteiger partial charge in [-0.3, -0.25) is 4.98 Å². The van der Waals surface area contributed by atoms with Crippen LogP contribution in [0.1, 0.15) is 36.8 Å². The molecule has 1 fully saturated rings. The highest BCUT2D eigenvalue weighted by Gasteiger charge is 2.42. The minimum atomic E-state index is -0.256. The molecule has 0 radical (unpaired) electrons. The molecule has 4 heterocycles. The zero-order valence-electron chi connectivity index (χ0n) is 16.8. The zero-order valence-corrected chi connectivity index (χ0v) is 17.5. The maximum atomic E-state index is 6.33. The van der Waals surface area contributed by atoms with E-state index in [9.17, 15) is 0 Å². The first kappa shape index (κ1) is 18.2. The van der Waals surface area contributed by atoms with Crippen molar-refractivity contribution in [3.63, 3.8) is 0 Å². The van der Waals surface area contributed by atoms with Crippen LogP contribution in [0, 0.1) is 13.8 Å². The first-order valence-corrected chi connectivity index (χ1v) is 10.2. The molecule has 0 bridgehead atoms. The number of anilines is 1. The molecule has 0 aliphatic carbocycles. The summed E-state index contributed by atoms with van der Waals surface area (Å²) in [7, 11) is 0. The minimum absolute atomic E-state index is 0.256. The zero-order chi connectivity index (χ0) is 20.2. The topological polar surface area (TPSA) is 62.6 Å². The number of aryl methyl sites for hydroxylation is 2. The highest BCUT2D eigenvalue weighted by molar-refractivity contribution is 6.32. The molecule has 3 aromatic heterocycles. The van der Waals surface area contributed by atoms with Crippen LogP contribution in [0.3, 0.4) is 0 Å². The number of benzene rings is 1. The number of H-pyrrole nitrogens is 1. The van der Waals surface area contributed by atoms with E-state index in [0.29, 0.717) is 0 Å². The molecule has 4 aromatic rings. The van der Waals surface area contributed by atoms with Gasteiger partial charge in [-0.2, -0.15) is 5.10 Å². The molecule has 0 unspecified atom stereocenters. The standard InChI is InChI=1S/C22H23ClN6/c1-14-12-18(19(13-24-14)29-11-5-9-25-29)28-10-4-8-22(28,3)21-26-17-7-6-16(23)15(2)20(17)27-21/h5-7,9,11-13H,4,8,10H2,1-3H3,(H,26,27)/t22-/m0/s1. The van der Waals surface area contributed by atoms with Gasteiger partial charge >= 0.3 is 0 Å². The Kier molecular flexibility index (Phi) is 4.13. The molecule has 1 aliphatic rings. The summed E-state index contributed by atoms with van der Waals surface area (Å²) < 4.78 is 1.88. The van der Waals surface area contributed by atoms with Crippen LogP contribution in [0.5, 0.6) is 0 Å². The average Bonchev–Trinajstić information content (AvgIpc) is 3.44. The molecule has 6 nitrogen and oxygen atoms in total. The molecule has 0 amide bonds. The van der Waals surface area contributed by atoms with Crippen LogP contribution in [0.25, 0.3) is 16.7 Å². The fraction of sp³-hybridized carbons (Fsp3) is 0.318. The van der Waals surface area contributed by atoms with Crippen molar-refractivity contribution in [1.29, 1.82) is 0 Å². The number of nitrogens with zero attached hydrogens (tertiary/aromatic N) is 5. The smallest absolute Gasteiger partial charge is 0.132 e. The third-order valence-corrected chi connectivity index (χ3v) is 6.44. The van der Waals surface area contributed by atoms with Gasteiger partial charge < -0.3 is 9.88 Å². The Balaban J connectivity index is 1.66. The van der Waals surface area contributed by atoms with Crippen LogP contribution < -0.4 is 4.90 Å². The van der Waals surface area contributed by atoms with E-state index in [1.54, 1.807) is 6.20 Å². The second kappa shape index (κ2) is 6.59. The van der Waals surface area contributed by atoms with Gasteiger partial charge in [-0.05, 0) is 63.4 Å². The molecule has 1 saturated heterocycles. The summed E-state index contributed by atoms with van der Waals surface area (Å²) in [5.41, 5.74) is 5.80. The van der Waals surface area contributed by atoms with Gasteiger partial charge in [0.1, 0.15) is 11.5 Å². The predicted molar refractivity (Wildman–Crippen MR) is 116 cm³/mol. The van der Waals surface area contributed by atoms with Crippen LogP contribution in [-0.4, -0.2) is 31.3 Å². The van der Waals surface area contributed by atoms with Gasteiger partial charge in [-0.15, -0.1) is 0 Å². The summed E-state index contributed by atoms with van der Waals surface area (Å²) >= 11 is 6.33. The van der Waals surface area contributed by atoms with Crippen LogP contribution in [0.15, 0.2) is 42.9 Å². The number of pyridine rings is 1. The number of aromatic amines is 1.